The lowest BCUT2D eigenvalue weighted by molar-refractivity contribution is -0.773. The van der Waals surface area contributed by atoms with Gasteiger partial charge in [-0.2, -0.15) is 5.10 Å². The smallest absolute Gasteiger partial charge is 0.353 e. The number of nitrogens with two attached hydrogens (primary N) is 1. The predicted molar refractivity (Wildman–Crippen MR) is 125 cm³/mol. The van der Waals surface area contributed by atoms with Gasteiger partial charge in [0.05, 0.1) is 11.9 Å². The summed E-state index contributed by atoms with van der Waals surface area (Å²) in [6.07, 6.45) is 2.42. The van der Waals surface area contributed by atoms with E-state index in [4.69, 9.17) is 24.9 Å². The van der Waals surface area contributed by atoms with Crippen molar-refractivity contribution in [2.24, 2.45) is 5.73 Å². The van der Waals surface area contributed by atoms with E-state index in [0.29, 0.717) is 30.3 Å². The van der Waals surface area contributed by atoms with Gasteiger partial charge >= 0.3 is 5.82 Å². The van der Waals surface area contributed by atoms with Gasteiger partial charge in [0.25, 0.3) is 5.82 Å². The van der Waals surface area contributed by atoms with Gasteiger partial charge < -0.3 is 19.9 Å². The molecule has 9 heteroatoms. The van der Waals surface area contributed by atoms with Crippen molar-refractivity contribution in [1.29, 1.82) is 0 Å². The van der Waals surface area contributed by atoms with E-state index in [1.165, 1.54) is 0 Å². The molecule has 0 aliphatic carbocycles. The van der Waals surface area contributed by atoms with Gasteiger partial charge in [-0.3, -0.25) is 0 Å². The van der Waals surface area contributed by atoms with Crippen LogP contribution in [0, 0.1) is 0 Å². The zero-order valence-corrected chi connectivity index (χ0v) is 20.4. The third-order valence-corrected chi connectivity index (χ3v) is 7.21. The number of aromatic nitrogens is 3. The quantitative estimate of drug-likeness (QED) is 0.301. The Bertz CT molecular complexity index is 874. The number of benzene rings is 1. The molecule has 0 spiro atoms. The number of nitrogens with one attached hydrogen (secondary N) is 1. The number of ether oxygens (including phenoxy) is 3. The molecule has 3 rings (SSSR count). The second-order valence-electron chi connectivity index (χ2n) is 9.38. The molecule has 1 aliphatic rings. The van der Waals surface area contributed by atoms with Gasteiger partial charge in [-0.25, -0.2) is 4.39 Å². The second-order valence-corrected chi connectivity index (χ2v) is 15.0. The topological polar surface area (TPSA) is 86.3 Å². The minimum absolute atomic E-state index is 0.133. The van der Waals surface area contributed by atoms with Crippen LogP contribution in [0.1, 0.15) is 24.6 Å². The number of hydrogen-bond donors (Lipinski definition) is 2. The molecule has 0 atom stereocenters. The Hall–Kier alpha value is -2.07. The minimum Gasteiger partial charge on any atom is -0.489 e. The Balaban J connectivity index is 1.74. The highest BCUT2D eigenvalue weighted by atomic mass is 28.3. The summed E-state index contributed by atoms with van der Waals surface area (Å²) in [5.41, 5.74) is 6.85. The summed E-state index contributed by atoms with van der Waals surface area (Å²) in [6.45, 7) is 9.99. The first-order valence-electron chi connectivity index (χ1n) is 11.3. The molecule has 1 fully saturated rings. The van der Waals surface area contributed by atoms with Crippen molar-refractivity contribution in [3.8, 4) is 17.1 Å². The summed E-state index contributed by atoms with van der Waals surface area (Å²) < 4.78 is 31.8. The van der Waals surface area contributed by atoms with Gasteiger partial charge in [0, 0.05) is 45.9 Å². The van der Waals surface area contributed by atoms with Crippen LogP contribution in [0.5, 0.6) is 5.75 Å². The Kier molecular flexibility index (Phi) is 8.98. The molecule has 3 N–H and O–H groups in total. The summed E-state index contributed by atoms with van der Waals surface area (Å²) in [6, 6.07) is 8.76. The van der Waals surface area contributed by atoms with Crippen LogP contribution >= 0.6 is 0 Å². The largest absolute Gasteiger partial charge is 0.489 e. The van der Waals surface area contributed by atoms with Crippen molar-refractivity contribution in [2.45, 2.75) is 51.2 Å². The number of nitrogens with zero attached hydrogens (tertiary/aromatic N) is 2. The zero-order valence-electron chi connectivity index (χ0n) is 19.4. The molecular weight excluding hydrogens is 427 g/mol. The van der Waals surface area contributed by atoms with E-state index in [9.17, 15) is 4.39 Å². The van der Waals surface area contributed by atoms with E-state index in [1.54, 1.807) is 0 Å². The van der Waals surface area contributed by atoms with E-state index < -0.39 is 8.07 Å². The molecule has 1 aliphatic heterocycles. The van der Waals surface area contributed by atoms with Crippen LogP contribution < -0.4 is 15.2 Å². The predicted octanol–water partition coefficient (Wildman–Crippen LogP) is 3.76. The van der Waals surface area contributed by atoms with Gasteiger partial charge in [-0.05, 0) is 48.1 Å². The normalized spacial score (nSPS) is 15.8. The van der Waals surface area contributed by atoms with Crippen molar-refractivity contribution in [3.05, 3.63) is 42.0 Å². The van der Waals surface area contributed by atoms with Crippen LogP contribution in [0.3, 0.4) is 0 Å². The molecule has 0 saturated carbocycles. The number of H-pyrrole nitrogens is 1. The molecule has 1 saturated heterocycles. The number of rotatable bonds is 11. The molecule has 1 aromatic heterocycles. The monoisotopic (exact) mass is 463 g/mol. The molecule has 176 valence electrons. The van der Waals surface area contributed by atoms with Crippen molar-refractivity contribution in [3.63, 3.8) is 0 Å². The molecule has 2 aromatic rings. The second kappa shape index (κ2) is 11.7. The number of halogens is 1. The molecule has 2 heterocycles. The summed E-state index contributed by atoms with van der Waals surface area (Å²) in [5, 5.41) is 3.46. The Labute approximate surface area is 190 Å². The lowest BCUT2D eigenvalue weighted by Crippen LogP contribution is -2.40. The van der Waals surface area contributed by atoms with Crippen LogP contribution in [0.15, 0.2) is 36.2 Å². The van der Waals surface area contributed by atoms with Crippen molar-refractivity contribution in [2.75, 3.05) is 33.0 Å². The number of hydrogen-bond acceptors (Lipinski definition) is 5. The maximum atomic E-state index is 12.7. The fraction of sp³-hybridized carbons (Fsp3) is 0.565. The molecule has 32 heavy (non-hydrogen) atoms. The number of aromatic amines is 1. The zero-order chi connectivity index (χ0) is 23.0. The van der Waals surface area contributed by atoms with Crippen molar-refractivity contribution in [1.82, 2.24) is 10.1 Å². The van der Waals surface area contributed by atoms with E-state index in [1.807, 2.05) is 28.9 Å². The van der Waals surface area contributed by atoms with E-state index in [-0.39, 0.29) is 13.2 Å². The van der Waals surface area contributed by atoms with Gasteiger partial charge in [0.1, 0.15) is 12.4 Å². The third kappa shape index (κ3) is 7.23. The van der Waals surface area contributed by atoms with Gasteiger partial charge in [0.15, 0.2) is 0 Å². The van der Waals surface area contributed by atoms with Gasteiger partial charge in [-0.15, -0.1) is 4.68 Å². The molecule has 0 unspecified atom stereocenters. The standard InChI is InChI=1S/C23H35FN4O3Si/c1-32(2,3)13-12-30-17-28-23(26-22(27-28)19-8-10-29-11-9-19)20-4-6-21(7-5-20)31-16-18(14-24)15-25/h4-7,14,19H,8-13,15-17,25H2,1-3H3/p+1/b18-14+. The molecule has 0 amide bonds. The minimum atomic E-state index is -1.15. The maximum Gasteiger partial charge on any atom is 0.353 e. The van der Waals surface area contributed by atoms with Crippen LogP contribution in [-0.2, 0) is 16.2 Å². The van der Waals surface area contributed by atoms with E-state index >= 15 is 0 Å². The summed E-state index contributed by atoms with van der Waals surface area (Å²) in [4.78, 5) is 4.93. The van der Waals surface area contributed by atoms with Crippen molar-refractivity contribution >= 4 is 8.07 Å². The molecule has 0 bridgehead atoms. The van der Waals surface area contributed by atoms with Gasteiger partial charge in [0.2, 0.25) is 6.73 Å². The maximum absolute atomic E-state index is 12.7. The highest BCUT2D eigenvalue weighted by molar-refractivity contribution is 6.76. The molecule has 0 radical (unpaired) electrons. The fourth-order valence-corrected chi connectivity index (χ4v) is 4.16. The highest BCUT2D eigenvalue weighted by Crippen LogP contribution is 2.26. The summed E-state index contributed by atoms with van der Waals surface area (Å²) in [5.74, 6) is 2.81. The Morgan fingerprint density at radius 1 is 1.28 bits per heavy atom. The van der Waals surface area contributed by atoms with Crippen LogP contribution in [0.2, 0.25) is 25.7 Å². The lowest BCUT2D eigenvalue weighted by Gasteiger charge is -2.17. The van der Waals surface area contributed by atoms with E-state index in [0.717, 1.165) is 55.9 Å². The first-order chi connectivity index (χ1) is 15.4. The first kappa shape index (κ1) is 24.6. The van der Waals surface area contributed by atoms with Crippen LogP contribution in [0.25, 0.3) is 11.4 Å². The van der Waals surface area contributed by atoms with Crippen LogP contribution in [0.4, 0.5) is 4.39 Å². The lowest BCUT2D eigenvalue weighted by atomic mass is 10.00. The SMILES string of the molecule is C[Si](C)(C)CCOC[n+]1[nH]c(C2CCOCC2)nc1-c1ccc(OC/C(=C/F)CN)cc1. The fourth-order valence-electron chi connectivity index (χ4n) is 3.40. The Morgan fingerprint density at radius 3 is 2.62 bits per heavy atom. The summed E-state index contributed by atoms with van der Waals surface area (Å²) >= 11 is 0. The summed E-state index contributed by atoms with van der Waals surface area (Å²) in [7, 11) is -1.15. The molecule has 7 nitrogen and oxygen atoms in total. The van der Waals surface area contributed by atoms with Crippen LogP contribution in [-0.4, -0.2) is 51.1 Å². The highest BCUT2D eigenvalue weighted by Gasteiger charge is 2.29. The average molecular weight is 464 g/mol. The van der Waals surface area contributed by atoms with Gasteiger partial charge in [-0.1, -0.05) is 19.6 Å². The first-order valence-corrected chi connectivity index (χ1v) is 15.0. The average Bonchev–Trinajstić information content (AvgIpc) is 3.22. The molecular formula is C23H36FN4O3Si+. The third-order valence-electron chi connectivity index (χ3n) is 5.51. The van der Waals surface area contributed by atoms with Crippen molar-refractivity contribution < 1.29 is 23.3 Å². The molecule has 1 aromatic carbocycles. The Morgan fingerprint density at radius 2 is 2.00 bits per heavy atom. The van der Waals surface area contributed by atoms with E-state index in [2.05, 4.69) is 24.7 Å².